The largest absolute Gasteiger partial charge is 0.385 e. The van der Waals surface area contributed by atoms with Crippen LogP contribution < -0.4 is 10.7 Å². The molecule has 8 heteroatoms. The molecule has 0 saturated heterocycles. The van der Waals surface area contributed by atoms with Crippen molar-refractivity contribution in [3.8, 4) is 0 Å². The first-order valence-electron chi connectivity index (χ1n) is 11.1. The number of carbonyl (C=O) groups is 1. The molecule has 2 N–H and O–H groups in total. The van der Waals surface area contributed by atoms with Gasteiger partial charge in [0, 0.05) is 33.6 Å². The Morgan fingerprint density at radius 2 is 2.00 bits per heavy atom. The lowest BCUT2D eigenvalue weighted by Gasteiger charge is -2.18. The summed E-state index contributed by atoms with van der Waals surface area (Å²) in [6.45, 7) is 10.8. The van der Waals surface area contributed by atoms with Crippen molar-refractivity contribution >= 4 is 47.1 Å². The maximum absolute atomic E-state index is 10.6. The zero-order valence-corrected chi connectivity index (χ0v) is 21.2. The molecule has 0 spiro atoms. The number of carbonyl (C=O) groups excluding carboxylic acids is 1. The molecule has 1 aromatic heterocycles. The SMILES string of the molecule is C=C(NCCc1ccc(/C(C)=C(/C=N\NC=O)n2nc(C)cc2C)cc1)C1=C(Cl)CCC=C1Cl. The molecule has 178 valence electrons. The number of nitrogens with one attached hydrogen (secondary N) is 2. The Morgan fingerprint density at radius 3 is 2.62 bits per heavy atom. The molecule has 1 aliphatic rings. The predicted molar refractivity (Wildman–Crippen MR) is 142 cm³/mol. The van der Waals surface area contributed by atoms with E-state index in [1.54, 1.807) is 6.21 Å². The van der Waals surface area contributed by atoms with E-state index < -0.39 is 0 Å². The van der Waals surface area contributed by atoms with E-state index in [1.165, 1.54) is 5.56 Å². The van der Waals surface area contributed by atoms with Crippen LogP contribution in [0.2, 0.25) is 0 Å². The van der Waals surface area contributed by atoms with Crippen LogP contribution in [0.1, 0.15) is 42.3 Å². The highest BCUT2D eigenvalue weighted by atomic mass is 35.5. The Bertz CT molecular complexity index is 1190. The number of aromatic nitrogens is 2. The van der Waals surface area contributed by atoms with E-state index in [0.717, 1.165) is 63.8 Å². The van der Waals surface area contributed by atoms with E-state index in [-0.39, 0.29) is 0 Å². The van der Waals surface area contributed by atoms with Crippen LogP contribution in [-0.2, 0) is 11.2 Å². The number of nitrogens with zero attached hydrogens (tertiary/aromatic N) is 3. The second-order valence-electron chi connectivity index (χ2n) is 8.08. The average molecular weight is 498 g/mol. The third-order valence-electron chi connectivity index (χ3n) is 5.57. The second kappa shape index (κ2) is 11.9. The molecule has 2 aromatic rings. The molecule has 1 aliphatic carbocycles. The van der Waals surface area contributed by atoms with Gasteiger partial charge in [-0.2, -0.15) is 10.2 Å². The van der Waals surface area contributed by atoms with Gasteiger partial charge in [0.05, 0.1) is 17.6 Å². The first-order valence-corrected chi connectivity index (χ1v) is 11.8. The van der Waals surface area contributed by atoms with Gasteiger partial charge in [-0.05, 0) is 62.8 Å². The predicted octanol–water partition coefficient (Wildman–Crippen LogP) is 5.68. The molecule has 6 nitrogen and oxygen atoms in total. The molecule has 0 bridgehead atoms. The van der Waals surface area contributed by atoms with Crippen LogP contribution in [0.5, 0.6) is 0 Å². The fourth-order valence-electron chi connectivity index (χ4n) is 3.82. The number of benzene rings is 1. The van der Waals surface area contributed by atoms with Gasteiger partial charge in [0.15, 0.2) is 0 Å². The smallest absolute Gasteiger partial charge is 0.227 e. The van der Waals surface area contributed by atoms with Crippen molar-refractivity contribution in [2.45, 2.75) is 40.0 Å². The Labute approximate surface area is 210 Å². The summed E-state index contributed by atoms with van der Waals surface area (Å²) in [4.78, 5) is 10.6. The van der Waals surface area contributed by atoms with Crippen LogP contribution in [0, 0.1) is 13.8 Å². The van der Waals surface area contributed by atoms with Crippen molar-refractivity contribution < 1.29 is 4.79 Å². The van der Waals surface area contributed by atoms with Crippen molar-refractivity contribution in [2.24, 2.45) is 5.10 Å². The van der Waals surface area contributed by atoms with Gasteiger partial charge in [-0.3, -0.25) is 4.79 Å². The lowest BCUT2D eigenvalue weighted by molar-refractivity contribution is -0.109. The molecule has 0 radical (unpaired) electrons. The Balaban J connectivity index is 1.72. The highest BCUT2D eigenvalue weighted by Crippen LogP contribution is 2.33. The fraction of sp³-hybridized carbons (Fsp3) is 0.269. The summed E-state index contributed by atoms with van der Waals surface area (Å²) in [5, 5.41) is 13.3. The molecule has 3 rings (SSSR count). The van der Waals surface area contributed by atoms with Crippen LogP contribution in [0.3, 0.4) is 0 Å². The zero-order chi connectivity index (χ0) is 24.7. The van der Waals surface area contributed by atoms with E-state index in [9.17, 15) is 4.79 Å². The van der Waals surface area contributed by atoms with E-state index >= 15 is 0 Å². The summed E-state index contributed by atoms with van der Waals surface area (Å²) in [6, 6.07) is 10.3. The standard InChI is InChI=1S/C26H29Cl2N5O/c1-17-14-18(2)33(32-17)25(15-30-31-16-34)19(3)22-10-8-21(9-11-22)12-13-29-20(4)26-23(27)6-5-7-24(26)28/h6,8-11,14-16,29H,4-5,7,12-13H2,1-3H3,(H,31,34)/b25-19-,30-15-. The Morgan fingerprint density at radius 1 is 1.26 bits per heavy atom. The first kappa shape index (κ1) is 25.5. The van der Waals surface area contributed by atoms with Crippen LogP contribution in [0.4, 0.5) is 0 Å². The number of aryl methyl sites for hydroxylation is 2. The van der Waals surface area contributed by atoms with Crippen LogP contribution in [-0.4, -0.2) is 28.9 Å². The van der Waals surface area contributed by atoms with Crippen molar-refractivity contribution in [1.82, 2.24) is 20.5 Å². The molecule has 1 aromatic carbocycles. The van der Waals surface area contributed by atoms with Gasteiger partial charge >= 0.3 is 0 Å². The minimum Gasteiger partial charge on any atom is -0.385 e. The summed E-state index contributed by atoms with van der Waals surface area (Å²) in [5.41, 5.74) is 9.78. The second-order valence-corrected chi connectivity index (χ2v) is 8.94. The summed E-state index contributed by atoms with van der Waals surface area (Å²) < 4.78 is 1.83. The van der Waals surface area contributed by atoms with Crippen LogP contribution in [0.25, 0.3) is 11.3 Å². The average Bonchev–Trinajstić information content (AvgIpc) is 3.14. The minimum atomic E-state index is 0.533. The Hall–Kier alpha value is -3.09. The molecule has 1 amide bonds. The highest BCUT2D eigenvalue weighted by Gasteiger charge is 2.16. The third-order valence-corrected chi connectivity index (χ3v) is 6.30. The van der Waals surface area contributed by atoms with Crippen molar-refractivity contribution in [2.75, 3.05) is 6.54 Å². The van der Waals surface area contributed by atoms with Gasteiger partial charge in [0.2, 0.25) is 6.41 Å². The molecule has 0 fully saturated rings. The monoisotopic (exact) mass is 497 g/mol. The quantitative estimate of drug-likeness (QED) is 0.252. The Kier molecular flexibility index (Phi) is 8.91. The summed E-state index contributed by atoms with van der Waals surface area (Å²) in [7, 11) is 0. The topological polar surface area (TPSA) is 71.3 Å². The molecule has 0 atom stereocenters. The number of allylic oxidation sites excluding steroid dienone is 5. The van der Waals surface area contributed by atoms with Gasteiger partial charge in [0.1, 0.15) is 0 Å². The van der Waals surface area contributed by atoms with E-state index in [2.05, 4.69) is 51.8 Å². The lowest BCUT2D eigenvalue weighted by Crippen LogP contribution is -2.18. The molecule has 34 heavy (non-hydrogen) atoms. The van der Waals surface area contributed by atoms with Crippen molar-refractivity contribution in [3.63, 3.8) is 0 Å². The maximum atomic E-state index is 10.6. The van der Waals surface area contributed by atoms with Crippen molar-refractivity contribution in [3.05, 3.63) is 86.8 Å². The molecule has 0 aliphatic heterocycles. The zero-order valence-electron chi connectivity index (χ0n) is 19.7. The molecule has 1 heterocycles. The third kappa shape index (κ3) is 6.27. The maximum Gasteiger partial charge on any atom is 0.227 e. The van der Waals surface area contributed by atoms with Gasteiger partial charge < -0.3 is 5.32 Å². The minimum absolute atomic E-state index is 0.533. The normalized spacial score (nSPS) is 14.7. The fourth-order valence-corrected chi connectivity index (χ4v) is 4.53. The number of hydrogen-bond acceptors (Lipinski definition) is 4. The van der Waals surface area contributed by atoms with E-state index in [0.29, 0.717) is 18.0 Å². The molecular formula is C26H29Cl2N5O. The van der Waals surface area contributed by atoms with Crippen LogP contribution in [0.15, 0.2) is 69.4 Å². The van der Waals surface area contributed by atoms with Crippen LogP contribution >= 0.6 is 23.2 Å². The number of hydrazone groups is 1. The van der Waals surface area contributed by atoms with Gasteiger partial charge in [0.25, 0.3) is 0 Å². The highest BCUT2D eigenvalue weighted by molar-refractivity contribution is 6.36. The lowest BCUT2D eigenvalue weighted by atomic mass is 10.0. The first-order chi connectivity index (χ1) is 16.3. The van der Waals surface area contributed by atoms with Gasteiger partial charge in [-0.15, -0.1) is 0 Å². The van der Waals surface area contributed by atoms with Gasteiger partial charge in [-0.1, -0.05) is 60.1 Å². The molecule has 0 unspecified atom stereocenters. The number of amides is 1. The van der Waals surface area contributed by atoms with E-state index in [1.807, 2.05) is 37.6 Å². The van der Waals surface area contributed by atoms with Gasteiger partial charge in [-0.25, -0.2) is 10.1 Å². The summed E-state index contributed by atoms with van der Waals surface area (Å²) in [6.07, 6.45) is 6.59. The molecule has 0 saturated carbocycles. The van der Waals surface area contributed by atoms with Crippen molar-refractivity contribution in [1.29, 1.82) is 0 Å². The molecular weight excluding hydrogens is 469 g/mol. The van der Waals surface area contributed by atoms with E-state index in [4.69, 9.17) is 23.2 Å². The summed E-state index contributed by atoms with van der Waals surface area (Å²) >= 11 is 12.7. The number of rotatable bonds is 10. The number of halogens is 2. The summed E-state index contributed by atoms with van der Waals surface area (Å²) in [5.74, 6) is 0. The number of hydrogen-bond donors (Lipinski definition) is 2.